The van der Waals surface area contributed by atoms with Crippen molar-refractivity contribution in [1.29, 1.82) is 0 Å². The molecule has 0 unspecified atom stereocenters. The van der Waals surface area contributed by atoms with Crippen LogP contribution in [0.3, 0.4) is 0 Å². The van der Waals surface area contributed by atoms with Crippen molar-refractivity contribution in [2.24, 2.45) is 0 Å². The van der Waals surface area contributed by atoms with Crippen LogP contribution in [0.2, 0.25) is 0 Å². The zero-order chi connectivity index (χ0) is 35.3. The van der Waals surface area contributed by atoms with E-state index in [1.807, 2.05) is 12.1 Å². The molecule has 11 aromatic rings. The predicted octanol–water partition coefficient (Wildman–Crippen LogP) is 12.9. The molecule has 4 nitrogen and oxygen atoms in total. The lowest BCUT2D eigenvalue weighted by Crippen LogP contribution is -2.08. The summed E-state index contributed by atoms with van der Waals surface area (Å²) in [7, 11) is 0. The molecule has 1 aliphatic rings. The molecular weight excluding hydrogens is 659 g/mol. The van der Waals surface area contributed by atoms with Gasteiger partial charge in [0.05, 0.1) is 33.4 Å². The van der Waals surface area contributed by atoms with E-state index in [1.54, 1.807) is 0 Å². The zero-order valence-electron chi connectivity index (χ0n) is 29.3. The second-order valence-electron chi connectivity index (χ2n) is 14.4. The molecule has 4 heteroatoms. The summed E-state index contributed by atoms with van der Waals surface area (Å²) in [6, 6.07) is 58.5. The van der Waals surface area contributed by atoms with Gasteiger partial charge in [-0.3, -0.25) is 0 Å². The Labute approximate surface area is 310 Å². The van der Waals surface area contributed by atoms with Crippen LogP contribution in [0, 0.1) is 0 Å². The molecule has 3 aromatic heterocycles. The van der Waals surface area contributed by atoms with Crippen molar-refractivity contribution in [2.75, 3.05) is 0 Å². The number of aromatic nitrogens is 3. The molecular formula is C50H31N3O. The van der Waals surface area contributed by atoms with Crippen LogP contribution in [-0.2, 0) is 12.8 Å². The van der Waals surface area contributed by atoms with Gasteiger partial charge in [-0.15, -0.1) is 0 Å². The van der Waals surface area contributed by atoms with Crippen LogP contribution in [0.4, 0.5) is 0 Å². The third-order valence-corrected chi connectivity index (χ3v) is 11.5. The lowest BCUT2D eigenvalue weighted by Gasteiger charge is -2.20. The molecule has 252 valence electrons. The summed E-state index contributed by atoms with van der Waals surface area (Å²) in [5, 5.41) is 9.32. The average molecular weight is 690 g/mol. The Morgan fingerprint density at radius 2 is 1.26 bits per heavy atom. The highest BCUT2D eigenvalue weighted by atomic mass is 16.3. The van der Waals surface area contributed by atoms with Gasteiger partial charge in [0.25, 0.3) is 0 Å². The predicted molar refractivity (Wildman–Crippen MR) is 222 cm³/mol. The molecule has 0 atom stereocenters. The molecule has 0 saturated heterocycles. The first-order valence-corrected chi connectivity index (χ1v) is 18.6. The van der Waals surface area contributed by atoms with Crippen molar-refractivity contribution < 1.29 is 4.42 Å². The molecule has 54 heavy (non-hydrogen) atoms. The van der Waals surface area contributed by atoms with Gasteiger partial charge in [0.1, 0.15) is 11.2 Å². The van der Waals surface area contributed by atoms with Crippen LogP contribution in [0.25, 0.3) is 105 Å². The molecule has 3 heterocycles. The van der Waals surface area contributed by atoms with E-state index in [0.29, 0.717) is 5.82 Å². The second kappa shape index (κ2) is 11.2. The lowest BCUT2D eigenvalue weighted by atomic mass is 9.87. The number of benzene rings is 8. The number of furan rings is 1. The third-order valence-electron chi connectivity index (χ3n) is 11.5. The maximum Gasteiger partial charge on any atom is 0.164 e. The summed E-state index contributed by atoms with van der Waals surface area (Å²) in [6.45, 7) is 0. The van der Waals surface area contributed by atoms with Crippen molar-refractivity contribution in [3.63, 3.8) is 0 Å². The Morgan fingerprint density at radius 3 is 2.15 bits per heavy atom. The molecule has 0 N–H and O–H groups in total. The van der Waals surface area contributed by atoms with Gasteiger partial charge in [0, 0.05) is 33.0 Å². The van der Waals surface area contributed by atoms with E-state index >= 15 is 0 Å². The highest BCUT2D eigenvalue weighted by molar-refractivity contribution is 6.20. The molecule has 0 aliphatic heterocycles. The van der Waals surface area contributed by atoms with Crippen LogP contribution in [0.1, 0.15) is 11.3 Å². The first-order chi connectivity index (χ1) is 26.8. The van der Waals surface area contributed by atoms with Gasteiger partial charge in [0.15, 0.2) is 5.82 Å². The number of hydrogen-bond donors (Lipinski definition) is 0. The Bertz CT molecular complexity index is 3330. The van der Waals surface area contributed by atoms with E-state index in [2.05, 4.69) is 156 Å². The van der Waals surface area contributed by atoms with Crippen molar-refractivity contribution in [2.45, 2.75) is 12.8 Å². The fourth-order valence-electron chi connectivity index (χ4n) is 9.07. The molecule has 1 aliphatic carbocycles. The minimum Gasteiger partial charge on any atom is -0.455 e. The number of rotatable bonds is 3. The van der Waals surface area contributed by atoms with E-state index in [0.717, 1.165) is 73.6 Å². The fourth-order valence-corrected chi connectivity index (χ4v) is 9.07. The molecule has 0 amide bonds. The van der Waals surface area contributed by atoms with E-state index in [-0.39, 0.29) is 0 Å². The van der Waals surface area contributed by atoms with Crippen molar-refractivity contribution in [1.82, 2.24) is 14.5 Å². The van der Waals surface area contributed by atoms with Gasteiger partial charge >= 0.3 is 0 Å². The molecule has 0 radical (unpaired) electrons. The minimum absolute atomic E-state index is 0.645. The third kappa shape index (κ3) is 4.19. The van der Waals surface area contributed by atoms with Crippen LogP contribution in [0.5, 0.6) is 0 Å². The van der Waals surface area contributed by atoms with Crippen molar-refractivity contribution in [3.8, 4) is 39.5 Å². The molecule has 0 saturated carbocycles. The van der Waals surface area contributed by atoms with E-state index in [4.69, 9.17) is 14.4 Å². The summed E-state index contributed by atoms with van der Waals surface area (Å²) in [4.78, 5) is 10.5. The number of para-hydroxylation sites is 1. The van der Waals surface area contributed by atoms with Crippen LogP contribution >= 0.6 is 0 Å². The van der Waals surface area contributed by atoms with Crippen LogP contribution < -0.4 is 0 Å². The van der Waals surface area contributed by atoms with Crippen LogP contribution in [0.15, 0.2) is 168 Å². The first kappa shape index (κ1) is 29.5. The van der Waals surface area contributed by atoms with Gasteiger partial charge in [-0.2, -0.15) is 0 Å². The monoisotopic (exact) mass is 689 g/mol. The lowest BCUT2D eigenvalue weighted by molar-refractivity contribution is 0.670. The number of aryl methyl sites for hydroxylation is 1. The smallest absolute Gasteiger partial charge is 0.164 e. The highest BCUT2D eigenvalue weighted by Crippen LogP contribution is 2.48. The fraction of sp³-hybridized carbons (Fsp3) is 0.0400. The SMILES string of the molecule is c1ccc(-c2nc(-c3ccc(-n4c5c(c6c7ccccc7ccc64)-c4ccccc4CC5)c4c3oc3cc5ccccc5cc34)nc3ccccc23)cc1. The highest BCUT2D eigenvalue weighted by Gasteiger charge is 2.29. The summed E-state index contributed by atoms with van der Waals surface area (Å²) >= 11 is 0. The number of fused-ring (bicyclic) bond motifs is 12. The summed E-state index contributed by atoms with van der Waals surface area (Å²) in [5.74, 6) is 0.645. The van der Waals surface area contributed by atoms with E-state index < -0.39 is 0 Å². The Morgan fingerprint density at radius 1 is 0.519 bits per heavy atom. The van der Waals surface area contributed by atoms with Crippen LogP contribution in [-0.4, -0.2) is 14.5 Å². The Kier molecular flexibility index (Phi) is 6.14. The maximum atomic E-state index is 7.03. The quantitative estimate of drug-likeness (QED) is 0.185. The standard InChI is InChI=1S/C50H31N3O/c1-2-14-32(15-3-1)48-37-20-10-11-21-40(37)51-50(52-48)38-24-27-43(47-39-28-33-16-4-5-17-34(33)29-44(39)54-49(38)47)53-41-25-22-30-12-6-8-18-35(30)45(41)46-36-19-9-7-13-31(36)23-26-42(46)53/h1-22,24-25,27-29H,23,26H2. The molecule has 8 aromatic carbocycles. The van der Waals surface area contributed by atoms with Gasteiger partial charge in [-0.25, -0.2) is 9.97 Å². The minimum atomic E-state index is 0.645. The largest absolute Gasteiger partial charge is 0.455 e. The van der Waals surface area contributed by atoms with Gasteiger partial charge in [0.2, 0.25) is 0 Å². The maximum absolute atomic E-state index is 7.03. The van der Waals surface area contributed by atoms with Crippen molar-refractivity contribution in [3.05, 3.63) is 175 Å². The topological polar surface area (TPSA) is 43.9 Å². The van der Waals surface area contributed by atoms with Crippen molar-refractivity contribution >= 4 is 65.3 Å². The molecule has 0 bridgehead atoms. The van der Waals surface area contributed by atoms with Gasteiger partial charge in [-0.1, -0.05) is 127 Å². The molecule has 0 spiro atoms. The summed E-state index contributed by atoms with van der Waals surface area (Å²) in [5.41, 5.74) is 13.1. The van der Waals surface area contributed by atoms with Gasteiger partial charge in [-0.05, 0) is 81.9 Å². The van der Waals surface area contributed by atoms with E-state index in [1.165, 1.54) is 49.4 Å². The second-order valence-corrected chi connectivity index (χ2v) is 14.4. The first-order valence-electron chi connectivity index (χ1n) is 18.6. The summed E-state index contributed by atoms with van der Waals surface area (Å²) < 4.78 is 9.56. The summed E-state index contributed by atoms with van der Waals surface area (Å²) in [6.07, 6.45) is 1.92. The van der Waals surface area contributed by atoms with E-state index in [9.17, 15) is 0 Å². The average Bonchev–Trinajstić information content (AvgIpc) is 3.78. The zero-order valence-corrected chi connectivity index (χ0v) is 29.3. The number of nitrogens with zero attached hydrogens (tertiary/aromatic N) is 3. The Balaban J connectivity index is 1.22. The Hall–Kier alpha value is -7.04. The normalized spacial score (nSPS) is 12.7. The molecule has 12 rings (SSSR count). The number of hydrogen-bond acceptors (Lipinski definition) is 3. The van der Waals surface area contributed by atoms with Gasteiger partial charge < -0.3 is 8.98 Å². The molecule has 0 fully saturated rings.